The molecule has 23 heavy (non-hydrogen) atoms. The number of methoxy groups -OCH3 is 1. The van der Waals surface area contributed by atoms with E-state index in [1.165, 1.54) is 0 Å². The first kappa shape index (κ1) is 17.4. The fourth-order valence-electron chi connectivity index (χ4n) is 2.52. The molecule has 1 aromatic carbocycles. The topological polar surface area (TPSA) is 61.9 Å². The van der Waals surface area contributed by atoms with Crippen LogP contribution in [0, 0.1) is 6.92 Å². The fourth-order valence-corrected chi connectivity index (χ4v) is 2.52. The van der Waals surface area contributed by atoms with Crippen molar-refractivity contribution in [3.63, 3.8) is 0 Å². The van der Waals surface area contributed by atoms with Gasteiger partial charge in [0.25, 0.3) is 5.91 Å². The molecule has 6 nitrogen and oxygen atoms in total. The van der Waals surface area contributed by atoms with Crippen LogP contribution in [0.3, 0.4) is 0 Å². The minimum absolute atomic E-state index is 0.0373. The van der Waals surface area contributed by atoms with Gasteiger partial charge in [-0.25, -0.2) is 0 Å². The third-order valence-corrected chi connectivity index (χ3v) is 3.98. The van der Waals surface area contributed by atoms with E-state index in [4.69, 9.17) is 4.74 Å². The fraction of sp³-hybridized carbons (Fsp3) is 0.529. The Morgan fingerprint density at radius 3 is 2.30 bits per heavy atom. The minimum atomic E-state index is 0.0373. The first-order valence-corrected chi connectivity index (χ1v) is 7.95. The van der Waals surface area contributed by atoms with Crippen LogP contribution in [0.2, 0.25) is 0 Å². The molecule has 0 aromatic heterocycles. The predicted molar refractivity (Wildman–Crippen MR) is 88.4 cm³/mol. The molecular weight excluding hydrogens is 294 g/mol. The van der Waals surface area contributed by atoms with Gasteiger partial charge >= 0.3 is 0 Å². The second-order valence-electron chi connectivity index (χ2n) is 5.71. The Bertz CT molecular complexity index is 522. The van der Waals surface area contributed by atoms with Gasteiger partial charge in [0.1, 0.15) is 0 Å². The Kier molecular flexibility index (Phi) is 6.55. The largest absolute Gasteiger partial charge is 0.383 e. The van der Waals surface area contributed by atoms with Gasteiger partial charge < -0.3 is 19.9 Å². The summed E-state index contributed by atoms with van der Waals surface area (Å²) in [4.78, 5) is 28.1. The van der Waals surface area contributed by atoms with E-state index in [1.807, 2.05) is 36.1 Å². The van der Waals surface area contributed by atoms with Gasteiger partial charge in [0.15, 0.2) is 0 Å². The van der Waals surface area contributed by atoms with E-state index in [0.717, 1.165) is 5.56 Å². The smallest absolute Gasteiger partial charge is 0.253 e. The molecule has 0 radical (unpaired) electrons. The van der Waals surface area contributed by atoms with Crippen molar-refractivity contribution in [3.8, 4) is 0 Å². The lowest BCUT2D eigenvalue weighted by Crippen LogP contribution is -2.52. The lowest BCUT2D eigenvalue weighted by atomic mass is 10.1. The number of carbonyl (C=O) groups is 2. The molecule has 0 atom stereocenters. The van der Waals surface area contributed by atoms with Gasteiger partial charge in [0, 0.05) is 45.4 Å². The maximum atomic E-state index is 12.4. The summed E-state index contributed by atoms with van der Waals surface area (Å²) < 4.78 is 4.93. The molecule has 2 amide bonds. The number of hydrogen-bond donors (Lipinski definition) is 1. The number of benzene rings is 1. The van der Waals surface area contributed by atoms with E-state index in [1.54, 1.807) is 12.0 Å². The lowest BCUT2D eigenvalue weighted by molar-refractivity contribution is -0.131. The number of hydrogen-bond acceptors (Lipinski definition) is 4. The number of carbonyl (C=O) groups excluding carboxylic acids is 2. The molecule has 1 fully saturated rings. The van der Waals surface area contributed by atoms with E-state index in [2.05, 4.69) is 5.32 Å². The Morgan fingerprint density at radius 1 is 1.09 bits per heavy atom. The van der Waals surface area contributed by atoms with Crippen molar-refractivity contribution < 1.29 is 14.3 Å². The average Bonchev–Trinajstić information content (AvgIpc) is 2.59. The molecule has 1 aliphatic rings. The molecule has 2 rings (SSSR count). The van der Waals surface area contributed by atoms with Gasteiger partial charge in [0.05, 0.1) is 13.2 Å². The molecule has 1 aliphatic heterocycles. The van der Waals surface area contributed by atoms with Crippen LogP contribution in [0.1, 0.15) is 15.9 Å². The normalized spacial score (nSPS) is 14.9. The van der Waals surface area contributed by atoms with Gasteiger partial charge in [-0.1, -0.05) is 17.7 Å². The second-order valence-corrected chi connectivity index (χ2v) is 5.71. The molecule has 1 aromatic rings. The molecule has 1 heterocycles. The average molecular weight is 319 g/mol. The standard InChI is InChI=1S/C17H25N3O3/c1-14-3-5-15(6-4-14)17(22)20-10-8-19(9-11-20)16(21)13-18-7-12-23-2/h3-6,18H,7-13H2,1-2H3. The van der Waals surface area contributed by atoms with Crippen molar-refractivity contribution in [2.24, 2.45) is 0 Å². The molecular formula is C17H25N3O3. The summed E-state index contributed by atoms with van der Waals surface area (Å²) in [6.07, 6.45) is 0. The van der Waals surface area contributed by atoms with Gasteiger partial charge in [-0.15, -0.1) is 0 Å². The summed E-state index contributed by atoms with van der Waals surface area (Å²) in [5.41, 5.74) is 1.84. The van der Waals surface area contributed by atoms with E-state index in [9.17, 15) is 9.59 Å². The monoisotopic (exact) mass is 319 g/mol. The summed E-state index contributed by atoms with van der Waals surface area (Å²) in [6, 6.07) is 7.60. The van der Waals surface area contributed by atoms with Crippen LogP contribution < -0.4 is 5.32 Å². The van der Waals surface area contributed by atoms with Crippen molar-refractivity contribution in [2.75, 3.05) is 53.0 Å². The summed E-state index contributed by atoms with van der Waals surface area (Å²) in [7, 11) is 1.63. The second kappa shape index (κ2) is 8.64. The van der Waals surface area contributed by atoms with Gasteiger partial charge in [-0.3, -0.25) is 9.59 Å². The number of nitrogens with zero attached hydrogens (tertiary/aromatic N) is 2. The molecule has 0 bridgehead atoms. The maximum Gasteiger partial charge on any atom is 0.253 e. The van der Waals surface area contributed by atoms with Crippen LogP contribution in [-0.4, -0.2) is 74.6 Å². The van der Waals surface area contributed by atoms with E-state index in [0.29, 0.717) is 51.4 Å². The highest BCUT2D eigenvalue weighted by Crippen LogP contribution is 2.10. The summed E-state index contributed by atoms with van der Waals surface area (Å²) in [6.45, 7) is 5.90. The molecule has 0 unspecified atom stereocenters. The molecule has 0 aliphatic carbocycles. The van der Waals surface area contributed by atoms with E-state index < -0.39 is 0 Å². The van der Waals surface area contributed by atoms with Crippen LogP contribution in [0.25, 0.3) is 0 Å². The van der Waals surface area contributed by atoms with Crippen LogP contribution in [0.4, 0.5) is 0 Å². The van der Waals surface area contributed by atoms with Crippen LogP contribution >= 0.6 is 0 Å². The highest BCUT2D eigenvalue weighted by molar-refractivity contribution is 5.94. The highest BCUT2D eigenvalue weighted by atomic mass is 16.5. The van der Waals surface area contributed by atoms with Crippen molar-refractivity contribution in [1.82, 2.24) is 15.1 Å². The quantitative estimate of drug-likeness (QED) is 0.777. The zero-order valence-electron chi connectivity index (χ0n) is 13.9. The molecule has 0 spiro atoms. The van der Waals surface area contributed by atoms with Crippen molar-refractivity contribution >= 4 is 11.8 Å². The molecule has 126 valence electrons. The lowest BCUT2D eigenvalue weighted by Gasteiger charge is -2.35. The van der Waals surface area contributed by atoms with Crippen molar-refractivity contribution in [2.45, 2.75) is 6.92 Å². The first-order chi connectivity index (χ1) is 11.1. The zero-order chi connectivity index (χ0) is 16.7. The highest BCUT2D eigenvalue weighted by Gasteiger charge is 2.24. The Labute approximate surface area is 137 Å². The molecule has 1 N–H and O–H groups in total. The number of rotatable bonds is 6. The SMILES string of the molecule is COCCNCC(=O)N1CCN(C(=O)c2ccc(C)cc2)CC1. The Morgan fingerprint density at radius 2 is 1.70 bits per heavy atom. The number of aryl methyl sites for hydroxylation is 1. The maximum absolute atomic E-state index is 12.4. The Balaban J connectivity index is 1.78. The first-order valence-electron chi connectivity index (χ1n) is 7.95. The number of piperazine rings is 1. The minimum Gasteiger partial charge on any atom is -0.383 e. The van der Waals surface area contributed by atoms with Gasteiger partial charge in [-0.05, 0) is 19.1 Å². The van der Waals surface area contributed by atoms with E-state index >= 15 is 0 Å². The third-order valence-electron chi connectivity index (χ3n) is 3.98. The molecule has 6 heteroatoms. The zero-order valence-corrected chi connectivity index (χ0v) is 13.9. The van der Waals surface area contributed by atoms with Crippen molar-refractivity contribution in [3.05, 3.63) is 35.4 Å². The Hall–Kier alpha value is -1.92. The molecule has 1 saturated heterocycles. The van der Waals surface area contributed by atoms with Crippen LogP contribution in [0.5, 0.6) is 0 Å². The summed E-state index contributed by atoms with van der Waals surface area (Å²) in [5, 5.41) is 3.05. The number of nitrogens with one attached hydrogen (secondary N) is 1. The summed E-state index contributed by atoms with van der Waals surface area (Å²) in [5.74, 6) is 0.110. The van der Waals surface area contributed by atoms with Gasteiger partial charge in [0.2, 0.25) is 5.91 Å². The van der Waals surface area contributed by atoms with Crippen LogP contribution in [0.15, 0.2) is 24.3 Å². The molecule has 0 saturated carbocycles. The van der Waals surface area contributed by atoms with Crippen LogP contribution in [-0.2, 0) is 9.53 Å². The summed E-state index contributed by atoms with van der Waals surface area (Å²) >= 11 is 0. The predicted octanol–water partition coefficient (Wildman–Crippen LogP) is 0.515. The third kappa shape index (κ3) is 5.04. The number of ether oxygens (including phenoxy) is 1. The van der Waals surface area contributed by atoms with E-state index in [-0.39, 0.29) is 11.8 Å². The van der Waals surface area contributed by atoms with Gasteiger partial charge in [-0.2, -0.15) is 0 Å². The van der Waals surface area contributed by atoms with Crippen molar-refractivity contribution in [1.29, 1.82) is 0 Å². The number of amides is 2.